The van der Waals surface area contributed by atoms with Crippen LogP contribution in [0.15, 0.2) is 48.0 Å². The lowest BCUT2D eigenvalue weighted by Gasteiger charge is -2.04. The smallest absolute Gasteiger partial charge is 0.231 e. The maximum atomic E-state index is 12.0. The van der Waals surface area contributed by atoms with E-state index in [2.05, 4.69) is 15.3 Å². The average molecular weight is 394 g/mol. The number of benzene rings is 1. The van der Waals surface area contributed by atoms with Crippen LogP contribution in [-0.4, -0.2) is 15.9 Å². The topological polar surface area (TPSA) is 64.1 Å². The maximum absolute atomic E-state index is 12.0. The number of carbonyl (C=O) groups is 1. The van der Waals surface area contributed by atoms with Gasteiger partial charge in [0, 0.05) is 16.6 Å². The van der Waals surface area contributed by atoms with Gasteiger partial charge in [-0.3, -0.25) is 4.79 Å². The van der Waals surface area contributed by atoms with E-state index in [9.17, 15) is 4.79 Å². The van der Waals surface area contributed by atoms with Gasteiger partial charge >= 0.3 is 0 Å². The fourth-order valence-corrected chi connectivity index (χ4v) is 2.92. The molecule has 2 heterocycles. The highest BCUT2D eigenvalue weighted by molar-refractivity contribution is 7.09. The van der Waals surface area contributed by atoms with Crippen LogP contribution in [0.2, 0.25) is 10.0 Å². The highest BCUT2D eigenvalue weighted by atomic mass is 35.5. The molecule has 0 fully saturated rings. The predicted molar refractivity (Wildman–Crippen MR) is 99.5 cm³/mol. The number of carbonyl (C=O) groups excluding carboxylic acids is 1. The first-order valence-corrected chi connectivity index (χ1v) is 8.95. The van der Waals surface area contributed by atoms with Crippen molar-refractivity contribution < 1.29 is 9.53 Å². The predicted octanol–water partition coefficient (Wildman–Crippen LogP) is 4.61. The lowest BCUT2D eigenvalue weighted by atomic mass is 10.3. The van der Waals surface area contributed by atoms with Crippen LogP contribution in [0.1, 0.15) is 10.7 Å². The molecule has 0 aliphatic rings. The zero-order valence-corrected chi connectivity index (χ0v) is 15.2. The number of ether oxygens (including phenoxy) is 1. The molecule has 0 aliphatic heterocycles. The summed E-state index contributed by atoms with van der Waals surface area (Å²) in [4.78, 5) is 20.5. The monoisotopic (exact) mass is 393 g/mol. The molecule has 1 amide bonds. The van der Waals surface area contributed by atoms with E-state index in [-0.39, 0.29) is 12.3 Å². The van der Waals surface area contributed by atoms with Gasteiger partial charge in [0.15, 0.2) is 0 Å². The molecule has 0 saturated heterocycles. The van der Waals surface area contributed by atoms with Crippen LogP contribution in [-0.2, 0) is 17.8 Å². The van der Waals surface area contributed by atoms with Gasteiger partial charge in [-0.05, 0) is 36.4 Å². The van der Waals surface area contributed by atoms with E-state index in [4.69, 9.17) is 27.9 Å². The number of thiazole rings is 1. The van der Waals surface area contributed by atoms with Crippen molar-refractivity contribution in [2.45, 2.75) is 13.0 Å². The molecular weight excluding hydrogens is 381 g/mol. The lowest BCUT2D eigenvalue weighted by Crippen LogP contribution is -2.15. The number of rotatable bonds is 6. The standard InChI is InChI=1S/C17H13Cl2N3O2S/c18-11-1-4-14(5-2-11)24-9-17-21-13(10-25-17)7-16(23)22-15-6-3-12(19)8-20-15/h1-6,8,10H,7,9H2,(H,20,22,23). The highest BCUT2D eigenvalue weighted by Crippen LogP contribution is 2.18. The normalized spacial score (nSPS) is 10.5. The molecule has 25 heavy (non-hydrogen) atoms. The number of aromatic nitrogens is 2. The van der Waals surface area contributed by atoms with E-state index in [0.29, 0.717) is 33.9 Å². The summed E-state index contributed by atoms with van der Waals surface area (Å²) in [6.07, 6.45) is 1.65. The molecule has 8 heteroatoms. The second kappa shape index (κ2) is 8.29. The van der Waals surface area contributed by atoms with Crippen molar-refractivity contribution in [3.63, 3.8) is 0 Å². The van der Waals surface area contributed by atoms with Crippen LogP contribution in [0, 0.1) is 0 Å². The summed E-state index contributed by atoms with van der Waals surface area (Å²) in [7, 11) is 0. The van der Waals surface area contributed by atoms with Crippen LogP contribution in [0.4, 0.5) is 5.82 Å². The van der Waals surface area contributed by atoms with Crippen molar-refractivity contribution in [1.82, 2.24) is 9.97 Å². The Kier molecular flexibility index (Phi) is 5.86. The van der Waals surface area contributed by atoms with E-state index < -0.39 is 0 Å². The summed E-state index contributed by atoms with van der Waals surface area (Å²) in [5.74, 6) is 0.980. The third kappa shape index (κ3) is 5.42. The molecule has 0 bridgehead atoms. The molecule has 0 saturated carbocycles. The van der Waals surface area contributed by atoms with E-state index in [0.717, 1.165) is 5.01 Å². The Hall–Kier alpha value is -2.15. The van der Waals surface area contributed by atoms with Crippen molar-refractivity contribution in [3.05, 3.63) is 68.7 Å². The van der Waals surface area contributed by atoms with Crippen molar-refractivity contribution in [3.8, 4) is 5.75 Å². The quantitative estimate of drug-likeness (QED) is 0.664. The van der Waals surface area contributed by atoms with E-state index in [1.807, 2.05) is 5.38 Å². The Morgan fingerprint density at radius 2 is 1.88 bits per heavy atom. The Labute approximate surface area is 158 Å². The molecule has 0 atom stereocenters. The van der Waals surface area contributed by atoms with Crippen LogP contribution >= 0.6 is 34.5 Å². The molecule has 0 radical (unpaired) electrons. The van der Waals surface area contributed by atoms with Gasteiger partial charge < -0.3 is 10.1 Å². The van der Waals surface area contributed by atoms with Crippen LogP contribution in [0.3, 0.4) is 0 Å². The second-order valence-electron chi connectivity index (χ2n) is 5.06. The van der Waals surface area contributed by atoms with Crippen molar-refractivity contribution in [1.29, 1.82) is 0 Å². The molecule has 1 N–H and O–H groups in total. The Morgan fingerprint density at radius 3 is 2.60 bits per heavy atom. The molecule has 5 nitrogen and oxygen atoms in total. The third-order valence-corrected chi connectivity index (χ3v) is 4.46. The summed E-state index contributed by atoms with van der Waals surface area (Å²) in [5.41, 5.74) is 0.686. The first-order valence-electron chi connectivity index (χ1n) is 7.31. The SMILES string of the molecule is O=C(Cc1csc(COc2ccc(Cl)cc2)n1)Nc1ccc(Cl)cn1. The number of anilines is 1. The number of nitrogens with zero attached hydrogens (tertiary/aromatic N) is 2. The van der Waals surface area contributed by atoms with Gasteiger partial charge in [-0.2, -0.15) is 0 Å². The van der Waals surface area contributed by atoms with E-state index in [1.54, 1.807) is 36.4 Å². The first kappa shape index (κ1) is 17.7. The molecule has 3 aromatic rings. The molecule has 0 unspecified atom stereocenters. The van der Waals surface area contributed by atoms with E-state index in [1.165, 1.54) is 17.5 Å². The molecular formula is C17H13Cl2N3O2S. The van der Waals surface area contributed by atoms with Crippen LogP contribution < -0.4 is 10.1 Å². The number of hydrogen-bond donors (Lipinski definition) is 1. The zero-order chi connectivity index (χ0) is 17.6. The first-order chi connectivity index (χ1) is 12.1. The second-order valence-corrected chi connectivity index (χ2v) is 6.88. The third-order valence-electron chi connectivity index (χ3n) is 3.11. The minimum absolute atomic E-state index is 0.168. The lowest BCUT2D eigenvalue weighted by molar-refractivity contribution is -0.115. The zero-order valence-electron chi connectivity index (χ0n) is 12.9. The Balaban J connectivity index is 1.51. The molecule has 3 rings (SSSR count). The van der Waals surface area contributed by atoms with Gasteiger partial charge in [-0.25, -0.2) is 9.97 Å². The van der Waals surface area contributed by atoms with Crippen LogP contribution in [0.5, 0.6) is 5.75 Å². The van der Waals surface area contributed by atoms with Crippen molar-refractivity contribution >= 4 is 46.3 Å². The maximum Gasteiger partial charge on any atom is 0.231 e. The minimum Gasteiger partial charge on any atom is -0.486 e. The molecule has 1 aromatic carbocycles. The minimum atomic E-state index is -0.190. The molecule has 0 aliphatic carbocycles. The number of pyridine rings is 1. The molecule has 2 aromatic heterocycles. The van der Waals surface area contributed by atoms with Crippen LogP contribution in [0.25, 0.3) is 0 Å². The van der Waals surface area contributed by atoms with Gasteiger partial charge in [0.2, 0.25) is 5.91 Å². The molecule has 128 valence electrons. The van der Waals surface area contributed by atoms with Gasteiger partial charge in [0.05, 0.1) is 17.1 Å². The summed E-state index contributed by atoms with van der Waals surface area (Å²) in [6, 6.07) is 10.4. The van der Waals surface area contributed by atoms with Gasteiger partial charge in [-0.15, -0.1) is 11.3 Å². The summed E-state index contributed by atoms with van der Waals surface area (Å²) in [6.45, 7) is 0.340. The van der Waals surface area contributed by atoms with Crippen molar-refractivity contribution in [2.24, 2.45) is 0 Å². The largest absolute Gasteiger partial charge is 0.486 e. The number of halogens is 2. The fraction of sp³-hybridized carbons (Fsp3) is 0.118. The number of hydrogen-bond acceptors (Lipinski definition) is 5. The van der Waals surface area contributed by atoms with Gasteiger partial charge in [-0.1, -0.05) is 23.2 Å². The van der Waals surface area contributed by atoms with Gasteiger partial charge in [0.1, 0.15) is 23.2 Å². The Morgan fingerprint density at radius 1 is 1.12 bits per heavy atom. The fourth-order valence-electron chi connectivity index (χ4n) is 1.97. The van der Waals surface area contributed by atoms with Gasteiger partial charge in [0.25, 0.3) is 0 Å². The number of nitrogens with one attached hydrogen (secondary N) is 1. The Bertz CT molecular complexity index is 851. The summed E-state index contributed by atoms with van der Waals surface area (Å²) >= 11 is 13.0. The summed E-state index contributed by atoms with van der Waals surface area (Å²) < 4.78 is 5.64. The summed E-state index contributed by atoms with van der Waals surface area (Å²) in [5, 5.41) is 6.51. The van der Waals surface area contributed by atoms with E-state index >= 15 is 0 Å². The number of amides is 1. The molecule has 0 spiro atoms. The highest BCUT2D eigenvalue weighted by Gasteiger charge is 2.09. The average Bonchev–Trinajstić information content (AvgIpc) is 3.04. The van der Waals surface area contributed by atoms with Crippen molar-refractivity contribution in [2.75, 3.05) is 5.32 Å².